The number of nitrogens with one attached hydrogen (secondary N) is 1. The van der Waals surface area contributed by atoms with Gasteiger partial charge in [0.1, 0.15) is 5.76 Å². The molecule has 1 N–H and O–H groups in total. The quantitative estimate of drug-likeness (QED) is 0.344. The number of aliphatic imine (C=N–C) groups is 1. The molecule has 0 saturated carbocycles. The first-order valence-electron chi connectivity index (χ1n) is 11.6. The zero-order valence-corrected chi connectivity index (χ0v) is 19.9. The summed E-state index contributed by atoms with van der Waals surface area (Å²) in [6, 6.07) is 8.17. The van der Waals surface area contributed by atoms with Crippen LogP contribution in [0.15, 0.2) is 33.8 Å². The number of hydrogen-bond acceptors (Lipinski definition) is 6. The highest BCUT2D eigenvalue weighted by atomic mass is 16.5. The van der Waals surface area contributed by atoms with Crippen LogP contribution in [0.25, 0.3) is 0 Å². The molecule has 0 aliphatic carbocycles. The van der Waals surface area contributed by atoms with Gasteiger partial charge < -0.3 is 24.2 Å². The van der Waals surface area contributed by atoms with Crippen molar-refractivity contribution >= 4 is 5.96 Å². The highest BCUT2D eigenvalue weighted by molar-refractivity contribution is 5.80. The first-order chi connectivity index (χ1) is 15.6. The molecular weight excluding hydrogens is 406 g/mol. The summed E-state index contributed by atoms with van der Waals surface area (Å²) in [5.74, 6) is 3.46. The van der Waals surface area contributed by atoms with Gasteiger partial charge in [0.2, 0.25) is 0 Å². The van der Waals surface area contributed by atoms with Crippen molar-refractivity contribution in [2.24, 2.45) is 4.99 Å². The third-order valence-electron chi connectivity index (χ3n) is 5.48. The summed E-state index contributed by atoms with van der Waals surface area (Å²) in [5.41, 5.74) is 2.24. The maximum atomic E-state index is 5.69. The van der Waals surface area contributed by atoms with Gasteiger partial charge in [-0.1, -0.05) is 11.2 Å². The van der Waals surface area contributed by atoms with Gasteiger partial charge in [0.25, 0.3) is 0 Å². The number of nitrogens with zero attached hydrogens (tertiary/aromatic N) is 4. The molecule has 1 aliphatic heterocycles. The van der Waals surface area contributed by atoms with E-state index in [0.717, 1.165) is 87.6 Å². The molecule has 0 amide bonds. The molecule has 2 aromatic rings. The Balaban J connectivity index is 1.48. The molecule has 0 atom stereocenters. The molecule has 1 aromatic carbocycles. The molecule has 3 rings (SSSR count). The van der Waals surface area contributed by atoms with Crippen molar-refractivity contribution in [2.45, 2.75) is 40.2 Å². The SMILES string of the molecule is CCNC(=NCCCc1ccc(OC)c(OCC)c1)N1CCN(Cc2cc(C)on2)CC1. The minimum Gasteiger partial charge on any atom is -0.493 e. The Kier molecular flexibility index (Phi) is 9.22. The topological polar surface area (TPSA) is 75.4 Å². The number of guanidine groups is 1. The largest absolute Gasteiger partial charge is 0.493 e. The average molecular weight is 444 g/mol. The lowest BCUT2D eigenvalue weighted by Gasteiger charge is -2.36. The Morgan fingerprint density at radius 1 is 1.16 bits per heavy atom. The summed E-state index contributed by atoms with van der Waals surface area (Å²) in [7, 11) is 1.67. The molecule has 32 heavy (non-hydrogen) atoms. The lowest BCUT2D eigenvalue weighted by atomic mass is 10.1. The number of rotatable bonds is 10. The van der Waals surface area contributed by atoms with E-state index >= 15 is 0 Å². The van der Waals surface area contributed by atoms with Crippen LogP contribution in [0.5, 0.6) is 11.5 Å². The molecule has 1 aromatic heterocycles. The van der Waals surface area contributed by atoms with Gasteiger partial charge in [0.15, 0.2) is 17.5 Å². The van der Waals surface area contributed by atoms with Crippen molar-refractivity contribution in [1.29, 1.82) is 0 Å². The summed E-state index contributed by atoms with van der Waals surface area (Å²) < 4.78 is 16.2. The second-order valence-corrected chi connectivity index (χ2v) is 7.95. The highest BCUT2D eigenvalue weighted by Gasteiger charge is 2.20. The molecule has 0 unspecified atom stereocenters. The number of methoxy groups -OCH3 is 1. The fourth-order valence-electron chi connectivity index (χ4n) is 3.88. The number of aromatic nitrogens is 1. The maximum Gasteiger partial charge on any atom is 0.194 e. The van der Waals surface area contributed by atoms with Gasteiger partial charge in [-0.05, 0) is 51.3 Å². The summed E-state index contributed by atoms with van der Waals surface area (Å²) in [6.07, 6.45) is 1.94. The third-order valence-corrected chi connectivity index (χ3v) is 5.48. The Morgan fingerprint density at radius 2 is 1.97 bits per heavy atom. The second-order valence-electron chi connectivity index (χ2n) is 7.95. The maximum absolute atomic E-state index is 5.69. The fourth-order valence-corrected chi connectivity index (χ4v) is 3.88. The average Bonchev–Trinajstić information content (AvgIpc) is 3.21. The Labute approximate surface area is 191 Å². The molecule has 1 saturated heterocycles. The monoisotopic (exact) mass is 443 g/mol. The molecule has 176 valence electrons. The van der Waals surface area contributed by atoms with Gasteiger partial charge in [-0.15, -0.1) is 0 Å². The van der Waals surface area contributed by atoms with E-state index in [1.54, 1.807) is 7.11 Å². The number of aryl methyl sites for hydroxylation is 2. The summed E-state index contributed by atoms with van der Waals surface area (Å²) >= 11 is 0. The van der Waals surface area contributed by atoms with Crippen molar-refractivity contribution in [2.75, 3.05) is 53.0 Å². The predicted octanol–water partition coefficient (Wildman–Crippen LogP) is 3.11. The van der Waals surface area contributed by atoms with E-state index in [1.807, 2.05) is 26.0 Å². The van der Waals surface area contributed by atoms with Gasteiger partial charge in [-0.3, -0.25) is 9.89 Å². The van der Waals surface area contributed by atoms with E-state index in [4.69, 9.17) is 19.0 Å². The van der Waals surface area contributed by atoms with Crippen molar-refractivity contribution in [3.8, 4) is 11.5 Å². The molecule has 8 nitrogen and oxygen atoms in total. The highest BCUT2D eigenvalue weighted by Crippen LogP contribution is 2.28. The smallest absolute Gasteiger partial charge is 0.194 e. The molecule has 0 spiro atoms. The van der Waals surface area contributed by atoms with Crippen LogP contribution in [0, 0.1) is 6.92 Å². The third kappa shape index (κ3) is 6.88. The predicted molar refractivity (Wildman–Crippen MR) is 127 cm³/mol. The van der Waals surface area contributed by atoms with Crippen LogP contribution in [0.4, 0.5) is 0 Å². The lowest BCUT2D eigenvalue weighted by molar-refractivity contribution is 0.169. The van der Waals surface area contributed by atoms with Crippen LogP contribution in [-0.4, -0.2) is 73.9 Å². The minimum absolute atomic E-state index is 0.627. The van der Waals surface area contributed by atoms with Gasteiger partial charge in [-0.25, -0.2) is 0 Å². The Morgan fingerprint density at radius 3 is 2.62 bits per heavy atom. The fraction of sp³-hybridized carbons (Fsp3) is 0.583. The summed E-state index contributed by atoms with van der Waals surface area (Å²) in [6.45, 7) is 13.0. The van der Waals surface area contributed by atoms with Crippen LogP contribution in [0.1, 0.15) is 37.3 Å². The van der Waals surface area contributed by atoms with E-state index in [-0.39, 0.29) is 0 Å². The van der Waals surface area contributed by atoms with E-state index in [9.17, 15) is 0 Å². The molecule has 1 fully saturated rings. The van der Waals surface area contributed by atoms with Crippen LogP contribution in [0.3, 0.4) is 0 Å². The Bertz CT molecular complexity index is 859. The van der Waals surface area contributed by atoms with E-state index in [0.29, 0.717) is 6.61 Å². The van der Waals surface area contributed by atoms with Crippen LogP contribution in [-0.2, 0) is 13.0 Å². The van der Waals surface area contributed by atoms with E-state index in [2.05, 4.69) is 39.3 Å². The van der Waals surface area contributed by atoms with Crippen LogP contribution in [0.2, 0.25) is 0 Å². The van der Waals surface area contributed by atoms with Crippen LogP contribution < -0.4 is 14.8 Å². The zero-order valence-electron chi connectivity index (χ0n) is 19.9. The molecule has 8 heteroatoms. The lowest BCUT2D eigenvalue weighted by Crippen LogP contribution is -2.52. The second kappa shape index (κ2) is 12.3. The number of piperazine rings is 1. The molecular formula is C24H37N5O3. The number of ether oxygens (including phenoxy) is 2. The zero-order chi connectivity index (χ0) is 22.8. The van der Waals surface area contributed by atoms with Gasteiger partial charge in [0, 0.05) is 51.9 Å². The van der Waals surface area contributed by atoms with Crippen LogP contribution >= 0.6 is 0 Å². The van der Waals surface area contributed by atoms with E-state index in [1.165, 1.54) is 5.56 Å². The molecule has 1 aliphatic rings. The minimum atomic E-state index is 0.627. The van der Waals surface area contributed by atoms with Crippen molar-refractivity contribution in [3.05, 3.63) is 41.3 Å². The first-order valence-corrected chi connectivity index (χ1v) is 11.6. The van der Waals surface area contributed by atoms with Gasteiger partial charge >= 0.3 is 0 Å². The summed E-state index contributed by atoms with van der Waals surface area (Å²) in [4.78, 5) is 9.66. The summed E-state index contributed by atoms with van der Waals surface area (Å²) in [5, 5.41) is 7.57. The van der Waals surface area contributed by atoms with Crippen molar-refractivity contribution in [3.63, 3.8) is 0 Å². The molecule has 0 bridgehead atoms. The number of hydrogen-bond donors (Lipinski definition) is 1. The number of benzene rings is 1. The first kappa shape index (κ1) is 23.9. The van der Waals surface area contributed by atoms with Gasteiger partial charge in [-0.2, -0.15) is 0 Å². The van der Waals surface area contributed by atoms with E-state index < -0.39 is 0 Å². The standard InChI is InChI=1S/C24H37N5O3/c1-5-25-24(29-14-12-28(13-15-29)18-21-16-19(3)32-27-21)26-11-7-8-20-9-10-22(30-4)23(17-20)31-6-2/h9-10,16-17H,5-8,11-15,18H2,1-4H3,(H,25,26). The Hall–Kier alpha value is -2.74. The molecule has 2 heterocycles. The van der Waals surface area contributed by atoms with Gasteiger partial charge in [0.05, 0.1) is 19.4 Å². The normalized spacial score (nSPS) is 15.1. The van der Waals surface area contributed by atoms with Crippen molar-refractivity contribution in [1.82, 2.24) is 20.3 Å². The van der Waals surface area contributed by atoms with Crippen molar-refractivity contribution < 1.29 is 14.0 Å². The molecule has 0 radical (unpaired) electrons.